The highest BCUT2D eigenvalue weighted by atomic mass is 16.6. The Morgan fingerprint density at radius 3 is 2.30 bits per heavy atom. The fourth-order valence-electron chi connectivity index (χ4n) is 11.4. The highest BCUT2D eigenvalue weighted by molar-refractivity contribution is 6.39. The first kappa shape index (κ1) is 62.1. The summed E-state index contributed by atoms with van der Waals surface area (Å²) in [6.45, 7) is 13.3. The number of fused-ring (bicyclic) bond motifs is 3. The Bertz CT molecular complexity index is 2270. The predicted octanol–water partition coefficient (Wildman–Crippen LogP) is 7.61. The predicted molar refractivity (Wildman–Crippen MR) is 287 cm³/mol. The zero-order valence-corrected chi connectivity index (χ0v) is 46.8. The molecule has 0 radical (unpaired) electrons. The van der Waals surface area contributed by atoms with Gasteiger partial charge in [-0.15, -0.1) is 6.42 Å². The Hall–Kier alpha value is -4.73. The molecule has 0 spiro atoms. The number of piperidine rings is 1. The van der Waals surface area contributed by atoms with E-state index in [0.29, 0.717) is 69.4 Å². The summed E-state index contributed by atoms with van der Waals surface area (Å²) in [5, 5.41) is 23.6. The van der Waals surface area contributed by atoms with Gasteiger partial charge in [-0.1, -0.05) is 71.1 Å². The van der Waals surface area contributed by atoms with Gasteiger partial charge in [0.25, 0.3) is 11.7 Å². The minimum absolute atomic E-state index is 0.0113. The number of hydrogen-bond donors (Lipinski definition) is 2. The lowest BCUT2D eigenvalue weighted by Crippen LogP contribution is -2.61. The third-order valence-electron chi connectivity index (χ3n) is 16.2. The number of carbonyl (C=O) groups excluding carboxylic acids is 5. The molecule has 4 heterocycles. The molecule has 1 aliphatic carbocycles. The van der Waals surface area contributed by atoms with E-state index in [1.165, 1.54) is 12.0 Å². The summed E-state index contributed by atoms with van der Waals surface area (Å²) in [4.78, 5) is 81.1. The number of amides is 1. The number of Topliss-reactive ketones (excluding diaryl/α,β-unsaturated/α-hetero) is 3. The molecule has 15 atom stereocenters. The molecule has 1 saturated carbocycles. The topological polar surface area (TPSA) is 210 Å². The van der Waals surface area contributed by atoms with Crippen molar-refractivity contribution in [2.24, 2.45) is 35.5 Å². The maximum Gasteiger partial charge on any atom is 0.329 e. The molecule has 1 aromatic heterocycles. The molecular formula is C60H87N3O13. The minimum Gasteiger partial charge on any atom is -0.460 e. The van der Waals surface area contributed by atoms with Crippen molar-refractivity contribution in [1.82, 2.24) is 14.9 Å². The highest BCUT2D eigenvalue weighted by Crippen LogP contribution is 2.38. The SMILES string of the molecule is C#Cc1ncc(CCCO[C@@H]2CC[C@@H](C[C@@H](C)[C@@H]3CC(=O)[C@H](C)/C=C(\C)[C@@H](O)[C@@H](OC)C(=O)[C@H](C)C[C@H](C)/C=C/C=C/C=C(\C)[C@@H](OC)C[C@@H]4CC[C@@H](C)[C@@](O)(O4)C(=O)C(=O)N4CCCC[C@H]4C(=O)O3)C[C@H]2OC)cn1. The Morgan fingerprint density at radius 1 is 0.882 bits per heavy atom. The van der Waals surface area contributed by atoms with Crippen LogP contribution in [0.5, 0.6) is 0 Å². The molecule has 16 nitrogen and oxygen atoms in total. The van der Waals surface area contributed by atoms with Gasteiger partial charge in [-0.3, -0.25) is 19.2 Å². The number of terminal acetylenes is 1. The number of rotatable bonds is 11. The van der Waals surface area contributed by atoms with Crippen LogP contribution in [0, 0.1) is 47.9 Å². The van der Waals surface area contributed by atoms with Gasteiger partial charge in [0.2, 0.25) is 11.6 Å². The van der Waals surface area contributed by atoms with Crippen molar-refractivity contribution in [2.75, 3.05) is 34.5 Å². The number of esters is 1. The molecule has 3 aliphatic heterocycles. The smallest absolute Gasteiger partial charge is 0.329 e. The zero-order chi connectivity index (χ0) is 55.7. The number of ether oxygens (including phenoxy) is 6. The minimum atomic E-state index is -2.44. The largest absolute Gasteiger partial charge is 0.460 e. The summed E-state index contributed by atoms with van der Waals surface area (Å²) in [7, 11) is 4.64. The lowest BCUT2D eigenvalue weighted by atomic mass is 9.78. The van der Waals surface area contributed by atoms with Crippen molar-refractivity contribution in [3.05, 3.63) is 71.4 Å². The second-order valence-electron chi connectivity index (χ2n) is 22.1. The number of hydrogen-bond acceptors (Lipinski definition) is 15. The number of carbonyl (C=O) groups is 5. The first-order valence-electron chi connectivity index (χ1n) is 27.6. The lowest BCUT2D eigenvalue weighted by Gasteiger charge is -2.42. The van der Waals surface area contributed by atoms with Gasteiger partial charge >= 0.3 is 5.97 Å². The Balaban J connectivity index is 1.40. The zero-order valence-electron chi connectivity index (χ0n) is 46.8. The van der Waals surface area contributed by atoms with Crippen molar-refractivity contribution in [3.8, 4) is 12.3 Å². The van der Waals surface area contributed by atoms with Gasteiger partial charge in [-0.25, -0.2) is 14.8 Å². The molecule has 1 aromatic rings. The van der Waals surface area contributed by atoms with Crippen LogP contribution in [0.1, 0.15) is 143 Å². The second kappa shape index (κ2) is 29.9. The molecule has 16 heteroatoms. The van der Waals surface area contributed by atoms with Crippen LogP contribution < -0.4 is 0 Å². The number of allylic oxidation sites excluding steroid dienone is 6. The average Bonchev–Trinajstić information content (AvgIpc) is 3.43. The average molecular weight is 1060 g/mol. The van der Waals surface area contributed by atoms with Gasteiger partial charge in [0.1, 0.15) is 30.1 Å². The standard InChI is InChI=1S/C60H87N3O13/c1-12-53-61-35-45(36-62-53)21-18-28-74-49-26-24-44(32-52(49)72-10)31-40(5)51-34-48(64)39(4)30-42(7)55(66)56(73-11)54(65)41(6)29-37(2)19-14-13-15-20-38(3)50(71-9)33-46-25-23-43(8)60(70,76-46)57(67)58(68)63-27-17-16-22-47(63)59(69)75-51/h1,13-15,19-20,30,35-37,39-41,43-44,46-47,49-52,55-56,66,70H,16-18,21-29,31-34H2,2-11H3/b15-13+,19-14+,38-20+,42-30+/t37-,39-,40-,41-,43-,44+,46+,47+,49-,50+,51+,52-,55-,56+,60-/m1/s1. The number of aliphatic hydroxyl groups is 2. The molecule has 2 saturated heterocycles. The van der Waals surface area contributed by atoms with Crippen LogP contribution in [-0.4, -0.2) is 143 Å². The van der Waals surface area contributed by atoms with E-state index in [1.54, 1.807) is 53.5 Å². The van der Waals surface area contributed by atoms with Gasteiger partial charge < -0.3 is 43.5 Å². The van der Waals surface area contributed by atoms with Gasteiger partial charge in [-0.05, 0) is 131 Å². The van der Waals surface area contributed by atoms with Crippen molar-refractivity contribution in [1.29, 1.82) is 0 Å². The molecule has 3 fully saturated rings. The van der Waals surface area contributed by atoms with Crippen LogP contribution in [0.15, 0.2) is 60.0 Å². The molecule has 0 unspecified atom stereocenters. The molecular weight excluding hydrogens is 971 g/mol. The van der Waals surface area contributed by atoms with Gasteiger partial charge in [0.05, 0.1) is 24.4 Å². The van der Waals surface area contributed by atoms with E-state index >= 15 is 0 Å². The highest BCUT2D eigenvalue weighted by Gasteiger charge is 2.53. The van der Waals surface area contributed by atoms with Crippen LogP contribution in [-0.2, 0) is 58.8 Å². The van der Waals surface area contributed by atoms with E-state index in [1.807, 2.05) is 58.1 Å². The fourth-order valence-corrected chi connectivity index (χ4v) is 11.4. The second-order valence-corrected chi connectivity index (χ2v) is 22.1. The molecule has 4 aliphatic rings. The Morgan fingerprint density at radius 2 is 1.62 bits per heavy atom. The summed E-state index contributed by atoms with van der Waals surface area (Å²) in [5.41, 5.74) is 2.24. The summed E-state index contributed by atoms with van der Waals surface area (Å²) >= 11 is 0. The van der Waals surface area contributed by atoms with E-state index < -0.39 is 77.8 Å². The number of cyclic esters (lactones) is 1. The van der Waals surface area contributed by atoms with Crippen LogP contribution in [0.25, 0.3) is 0 Å². The van der Waals surface area contributed by atoms with E-state index in [4.69, 9.17) is 34.8 Å². The van der Waals surface area contributed by atoms with Gasteiger partial charge in [0.15, 0.2) is 5.78 Å². The van der Waals surface area contributed by atoms with Crippen molar-refractivity contribution < 1.29 is 62.6 Å². The Kier molecular flexibility index (Phi) is 24.4. The van der Waals surface area contributed by atoms with Crippen molar-refractivity contribution in [3.63, 3.8) is 0 Å². The summed E-state index contributed by atoms with van der Waals surface area (Å²) in [5.74, 6) is -5.21. The lowest BCUT2D eigenvalue weighted by molar-refractivity contribution is -0.265. The number of methoxy groups -OCH3 is 3. The maximum absolute atomic E-state index is 14.6. The van der Waals surface area contributed by atoms with Gasteiger partial charge in [0, 0.05) is 77.5 Å². The number of aliphatic hydroxyl groups excluding tert-OH is 1. The summed E-state index contributed by atoms with van der Waals surface area (Å²) in [6.07, 6.45) is 22.5. The fraction of sp³-hybridized carbons (Fsp3) is 0.683. The number of ketones is 3. The quantitative estimate of drug-likeness (QED) is 0.0718. The van der Waals surface area contributed by atoms with E-state index in [0.717, 1.165) is 36.8 Å². The number of aryl methyl sites for hydroxylation is 1. The first-order valence-corrected chi connectivity index (χ1v) is 27.6. The molecule has 5 rings (SSSR count). The molecule has 2 bridgehead atoms. The third-order valence-corrected chi connectivity index (χ3v) is 16.2. The van der Waals surface area contributed by atoms with Crippen LogP contribution in [0.4, 0.5) is 0 Å². The summed E-state index contributed by atoms with van der Waals surface area (Å²) < 4.78 is 36.4. The Labute approximate surface area is 451 Å². The van der Waals surface area contributed by atoms with E-state index in [-0.39, 0.29) is 60.9 Å². The van der Waals surface area contributed by atoms with Crippen molar-refractivity contribution >= 4 is 29.2 Å². The molecule has 2 N–H and O–H groups in total. The molecule has 420 valence electrons. The molecule has 0 aromatic carbocycles. The summed E-state index contributed by atoms with van der Waals surface area (Å²) in [6, 6.07) is -1.15. The van der Waals surface area contributed by atoms with Crippen molar-refractivity contribution in [2.45, 2.75) is 193 Å². The normalized spacial score (nSPS) is 36.1. The molecule has 1 amide bonds. The van der Waals surface area contributed by atoms with Gasteiger partial charge in [-0.2, -0.15) is 0 Å². The first-order chi connectivity index (χ1) is 36.2. The van der Waals surface area contributed by atoms with Crippen LogP contribution >= 0.6 is 0 Å². The monoisotopic (exact) mass is 1060 g/mol. The molecule has 76 heavy (non-hydrogen) atoms. The van der Waals surface area contributed by atoms with E-state index in [9.17, 15) is 34.2 Å². The number of aromatic nitrogens is 2. The number of nitrogens with zero attached hydrogens (tertiary/aromatic N) is 3. The third kappa shape index (κ3) is 16.9. The van der Waals surface area contributed by atoms with Crippen LogP contribution in [0.3, 0.4) is 0 Å². The van der Waals surface area contributed by atoms with E-state index in [2.05, 4.69) is 15.9 Å². The maximum atomic E-state index is 14.6. The van der Waals surface area contributed by atoms with Crippen LogP contribution in [0.2, 0.25) is 0 Å².